The van der Waals surface area contributed by atoms with Crippen molar-refractivity contribution in [1.82, 2.24) is 19.5 Å². The molecule has 0 saturated carbocycles. The molecule has 10 heteroatoms. The first kappa shape index (κ1) is 13.0. The molecule has 2 aromatic rings. The lowest BCUT2D eigenvalue weighted by molar-refractivity contribution is -0.173. The first-order valence-electron chi connectivity index (χ1n) is 5.05. The average Bonchev–Trinajstić information content (AvgIpc) is 2.68. The molecule has 3 radical (unpaired) electrons. The Kier molecular flexibility index (Phi) is 3.65. The largest absolute Gasteiger partial charge is 0.832 e. The molecule has 1 atom stereocenters. The van der Waals surface area contributed by atoms with Crippen molar-refractivity contribution in [2.75, 3.05) is 18.7 Å². The lowest BCUT2D eigenvalue weighted by Gasteiger charge is -2.32. The highest BCUT2D eigenvalue weighted by atomic mass is 31.2. The summed E-state index contributed by atoms with van der Waals surface area (Å²) in [5, 5.41) is 0. The number of aromatic nitrogens is 4. The molecular weight excluding hydrogens is 256 g/mol. The third kappa shape index (κ3) is 3.07. The van der Waals surface area contributed by atoms with Crippen molar-refractivity contribution in [3.05, 3.63) is 12.7 Å². The van der Waals surface area contributed by atoms with E-state index in [1.54, 1.807) is 4.57 Å². The van der Waals surface area contributed by atoms with Gasteiger partial charge in [0, 0.05) is 12.9 Å². The molecule has 2 aromatic heterocycles. The molecule has 0 fully saturated rings. The van der Waals surface area contributed by atoms with E-state index in [2.05, 4.69) is 15.0 Å². The van der Waals surface area contributed by atoms with Gasteiger partial charge >= 0.3 is 0 Å². The molecular formula is C8H10BN5O3P-2. The van der Waals surface area contributed by atoms with Crippen LogP contribution in [0.15, 0.2) is 12.7 Å². The van der Waals surface area contributed by atoms with E-state index in [4.69, 9.17) is 18.0 Å². The van der Waals surface area contributed by atoms with Crippen LogP contribution in [0.25, 0.3) is 11.2 Å². The van der Waals surface area contributed by atoms with E-state index in [1.165, 1.54) is 12.7 Å². The Morgan fingerprint density at radius 2 is 2.28 bits per heavy atom. The van der Waals surface area contributed by atoms with E-state index in [0.29, 0.717) is 23.5 Å². The second kappa shape index (κ2) is 5.05. The van der Waals surface area contributed by atoms with Gasteiger partial charge in [-0.2, -0.15) is 0 Å². The molecule has 18 heavy (non-hydrogen) atoms. The van der Waals surface area contributed by atoms with E-state index < -0.39 is 13.6 Å². The molecule has 95 valence electrons. The summed E-state index contributed by atoms with van der Waals surface area (Å²) in [4.78, 5) is 22.6. The van der Waals surface area contributed by atoms with Gasteiger partial charge < -0.3 is 32.1 Å². The predicted molar refractivity (Wildman–Crippen MR) is 63.9 cm³/mol. The molecule has 0 aliphatic heterocycles. The molecule has 2 heterocycles. The average molecular weight is 266 g/mol. The Labute approximate surface area is 104 Å². The van der Waals surface area contributed by atoms with Crippen molar-refractivity contribution < 1.29 is 14.2 Å². The number of imidazole rings is 1. The molecule has 2 N–H and O–H groups in total. The topological polar surface area (TPSA) is 119 Å². The zero-order chi connectivity index (χ0) is 13.2. The third-order valence-electron chi connectivity index (χ3n) is 2.18. The summed E-state index contributed by atoms with van der Waals surface area (Å²) < 4.78 is 17.3. The molecule has 8 nitrogen and oxygen atoms in total. The van der Waals surface area contributed by atoms with Crippen LogP contribution in [-0.2, 0) is 15.8 Å². The fourth-order valence-corrected chi connectivity index (χ4v) is 1.80. The van der Waals surface area contributed by atoms with Crippen molar-refractivity contribution in [3.8, 4) is 0 Å². The lowest BCUT2D eigenvalue weighted by Crippen LogP contribution is -2.11. The highest BCUT2D eigenvalue weighted by Gasteiger charge is 2.06. The summed E-state index contributed by atoms with van der Waals surface area (Å²) in [7, 11) is 0.953. The number of ether oxygens (including phenoxy) is 1. The maximum atomic E-state index is 10.7. The molecule has 0 saturated heterocycles. The number of hydrogen-bond acceptors (Lipinski definition) is 7. The Bertz CT molecular complexity index is 597. The smallest absolute Gasteiger partial charge is 0.165 e. The van der Waals surface area contributed by atoms with Crippen LogP contribution in [0.5, 0.6) is 0 Å². The highest BCUT2D eigenvalue weighted by Crippen LogP contribution is 2.27. The second-order valence-corrected chi connectivity index (χ2v) is 5.34. The van der Waals surface area contributed by atoms with E-state index in [9.17, 15) is 9.46 Å². The van der Waals surface area contributed by atoms with E-state index in [-0.39, 0.29) is 6.61 Å². The SMILES string of the molecule is [B-]P(=O)([O-])COCCn1cnc2c(N)ncnc21. The normalized spacial score (nSPS) is 14.8. The third-order valence-corrected chi connectivity index (χ3v) is 2.72. The van der Waals surface area contributed by atoms with Crippen LogP contribution in [0.3, 0.4) is 0 Å². The minimum Gasteiger partial charge on any atom is -0.832 e. The van der Waals surface area contributed by atoms with Crippen LogP contribution in [0.1, 0.15) is 0 Å². The maximum Gasteiger partial charge on any atom is 0.165 e. The first-order chi connectivity index (χ1) is 8.47. The predicted octanol–water partition coefficient (Wildman–Crippen LogP) is -0.896. The van der Waals surface area contributed by atoms with E-state index >= 15 is 0 Å². The summed E-state index contributed by atoms with van der Waals surface area (Å²) >= 11 is 0. The number of nitrogens with two attached hydrogens (primary N) is 1. The fourth-order valence-electron chi connectivity index (χ4n) is 1.42. The molecule has 0 aliphatic rings. The van der Waals surface area contributed by atoms with Gasteiger partial charge in [0.15, 0.2) is 11.5 Å². The summed E-state index contributed by atoms with van der Waals surface area (Å²) in [5.41, 5.74) is 6.71. The van der Waals surface area contributed by atoms with E-state index in [1.807, 2.05) is 0 Å². The zero-order valence-corrected chi connectivity index (χ0v) is 10.3. The van der Waals surface area contributed by atoms with Crippen LogP contribution in [0, 0.1) is 0 Å². The summed E-state index contributed by atoms with van der Waals surface area (Å²) in [5.74, 6) is 0.297. The van der Waals surface area contributed by atoms with Gasteiger partial charge in [0.25, 0.3) is 0 Å². The van der Waals surface area contributed by atoms with Crippen molar-refractivity contribution >= 4 is 31.8 Å². The lowest BCUT2D eigenvalue weighted by atomic mass is 10.5. The number of rotatable bonds is 5. The number of fused-ring (bicyclic) bond motifs is 1. The van der Waals surface area contributed by atoms with Gasteiger partial charge in [-0.05, 0) is 0 Å². The molecule has 0 amide bonds. The number of anilines is 1. The Hall–Kier alpha value is -1.44. The van der Waals surface area contributed by atoms with Crippen LogP contribution in [0.2, 0.25) is 0 Å². The summed E-state index contributed by atoms with van der Waals surface area (Å²) in [6.07, 6.45) is 2.39. The van der Waals surface area contributed by atoms with Crippen LogP contribution < -0.4 is 10.6 Å². The maximum absolute atomic E-state index is 10.7. The molecule has 1 unspecified atom stereocenters. The van der Waals surface area contributed by atoms with E-state index in [0.717, 1.165) is 0 Å². The molecule has 0 aliphatic carbocycles. The highest BCUT2D eigenvalue weighted by molar-refractivity contribution is 7.81. The summed E-state index contributed by atoms with van der Waals surface area (Å²) in [6.45, 7) is 0.575. The number of nitrogens with zero attached hydrogens (tertiary/aromatic N) is 4. The Morgan fingerprint density at radius 3 is 3.00 bits per heavy atom. The van der Waals surface area contributed by atoms with Crippen molar-refractivity contribution in [1.29, 1.82) is 0 Å². The molecule has 2 rings (SSSR count). The van der Waals surface area contributed by atoms with Gasteiger partial charge in [-0.15, -0.1) is 0 Å². The summed E-state index contributed by atoms with van der Waals surface area (Å²) in [6, 6.07) is 0. The molecule has 0 bridgehead atoms. The van der Waals surface area contributed by atoms with Gasteiger partial charge in [-0.1, -0.05) is 0 Å². The van der Waals surface area contributed by atoms with Gasteiger partial charge in [-0.25, -0.2) is 22.2 Å². The molecule has 0 aromatic carbocycles. The minimum absolute atomic E-state index is 0.179. The van der Waals surface area contributed by atoms with Crippen molar-refractivity contribution in [3.63, 3.8) is 0 Å². The monoisotopic (exact) mass is 266 g/mol. The van der Waals surface area contributed by atoms with Gasteiger partial charge in [0.1, 0.15) is 11.8 Å². The Balaban J connectivity index is 2.00. The first-order valence-corrected chi connectivity index (χ1v) is 6.93. The second-order valence-electron chi connectivity index (χ2n) is 3.63. The van der Waals surface area contributed by atoms with Gasteiger partial charge in [0.2, 0.25) is 0 Å². The quantitative estimate of drug-likeness (QED) is 0.423. The van der Waals surface area contributed by atoms with Gasteiger partial charge in [-0.3, -0.25) is 0 Å². The van der Waals surface area contributed by atoms with Crippen molar-refractivity contribution in [2.24, 2.45) is 0 Å². The van der Waals surface area contributed by atoms with Gasteiger partial charge in [0.05, 0.1) is 12.9 Å². The molecule has 0 spiro atoms. The minimum atomic E-state index is -3.87. The number of nitrogen functional groups attached to an aromatic ring is 1. The number of hydrogen-bond donors (Lipinski definition) is 1. The fraction of sp³-hybridized carbons (Fsp3) is 0.375. The van der Waals surface area contributed by atoms with Crippen LogP contribution >= 0.6 is 7.25 Å². The van der Waals surface area contributed by atoms with Crippen LogP contribution in [0.4, 0.5) is 5.82 Å². The van der Waals surface area contributed by atoms with Crippen molar-refractivity contribution in [2.45, 2.75) is 6.54 Å². The zero-order valence-electron chi connectivity index (χ0n) is 9.39. The van der Waals surface area contributed by atoms with Crippen LogP contribution in [-0.4, -0.2) is 40.0 Å². The Morgan fingerprint density at radius 1 is 1.50 bits per heavy atom. The standard InChI is InChI=1S/C8H11BN5O3P/c9-18(15,16)5-17-2-1-14-4-13-6-7(10)11-3-12-8(6)14/h3-4H,1-2,5H2,(H,15,16)(H2,10,11,12)/q-1/p-1.